The van der Waals surface area contributed by atoms with Crippen LogP contribution in [0.5, 0.6) is 0 Å². The molecule has 1 fully saturated rings. The Morgan fingerprint density at radius 1 is 1.14 bits per heavy atom. The summed E-state index contributed by atoms with van der Waals surface area (Å²) < 4.78 is 13.0. The van der Waals surface area contributed by atoms with Crippen molar-refractivity contribution in [3.05, 3.63) is 35.6 Å². The van der Waals surface area contributed by atoms with E-state index in [9.17, 15) is 9.18 Å². The Kier molecular flexibility index (Phi) is 5.75. The van der Waals surface area contributed by atoms with Crippen LogP contribution < -0.4 is 0 Å². The Labute approximate surface area is 134 Å². The normalized spacial score (nSPS) is 16.8. The lowest BCUT2D eigenvalue weighted by Gasteiger charge is -2.38. The van der Waals surface area contributed by atoms with Gasteiger partial charge in [0.25, 0.3) is 0 Å². The number of benzene rings is 1. The minimum absolute atomic E-state index is 0.167. The summed E-state index contributed by atoms with van der Waals surface area (Å²) in [6.45, 7) is 10.4. The fourth-order valence-electron chi connectivity index (χ4n) is 3.20. The van der Waals surface area contributed by atoms with Crippen LogP contribution in [-0.2, 0) is 10.8 Å². The van der Waals surface area contributed by atoms with Crippen LogP contribution >= 0.6 is 0 Å². The molecule has 1 saturated heterocycles. The first-order valence-electron chi connectivity index (χ1n) is 8.14. The van der Waals surface area contributed by atoms with Crippen LogP contribution in [-0.4, -0.2) is 56.1 Å². The lowest BCUT2D eigenvalue weighted by Crippen LogP contribution is -2.53. The lowest BCUT2D eigenvalue weighted by atomic mass is 10.2. The van der Waals surface area contributed by atoms with Crippen LogP contribution in [0.4, 0.5) is 4.39 Å². The molecule has 1 heterocycles. The van der Waals surface area contributed by atoms with Gasteiger partial charge in [-0.15, -0.1) is 0 Å². The highest BCUT2D eigenvalue weighted by Crippen LogP contribution is 2.15. The van der Waals surface area contributed by atoms with Crippen molar-refractivity contribution in [1.82, 2.24) is 9.80 Å². The lowest BCUT2D eigenvalue weighted by molar-refractivity contribution is -0.132. The molecule has 3 nitrogen and oxygen atoms in total. The third-order valence-corrected chi connectivity index (χ3v) is 6.94. The third kappa shape index (κ3) is 4.92. The van der Waals surface area contributed by atoms with Gasteiger partial charge in [0.05, 0.1) is 8.07 Å². The molecular weight excluding hydrogens is 295 g/mol. The molecule has 1 aliphatic heterocycles. The highest BCUT2D eigenvalue weighted by atomic mass is 28.3. The topological polar surface area (TPSA) is 23.6 Å². The Morgan fingerprint density at radius 2 is 1.73 bits per heavy atom. The van der Waals surface area contributed by atoms with Gasteiger partial charge in [-0.05, 0) is 24.3 Å². The zero-order valence-corrected chi connectivity index (χ0v) is 14.9. The van der Waals surface area contributed by atoms with Crippen LogP contribution in [0.2, 0.25) is 13.1 Å². The van der Waals surface area contributed by atoms with Crippen molar-refractivity contribution in [2.24, 2.45) is 0 Å². The number of halogens is 1. The van der Waals surface area contributed by atoms with Crippen molar-refractivity contribution in [2.45, 2.75) is 32.5 Å². The van der Waals surface area contributed by atoms with E-state index in [4.69, 9.17) is 0 Å². The second-order valence-electron chi connectivity index (χ2n) is 6.98. The van der Waals surface area contributed by atoms with Crippen molar-refractivity contribution < 1.29 is 9.18 Å². The Bertz CT molecular complexity index is 496. The maximum atomic E-state index is 13.0. The van der Waals surface area contributed by atoms with Crippen LogP contribution in [0.25, 0.3) is 0 Å². The highest BCUT2D eigenvalue weighted by Gasteiger charge is 2.27. The van der Waals surface area contributed by atoms with Crippen molar-refractivity contribution in [3.8, 4) is 0 Å². The molecule has 0 unspecified atom stereocenters. The molecule has 1 amide bonds. The monoisotopic (exact) mass is 322 g/mol. The third-order valence-electron chi connectivity index (χ3n) is 4.28. The van der Waals surface area contributed by atoms with E-state index < -0.39 is 8.07 Å². The number of piperazine rings is 1. The summed E-state index contributed by atoms with van der Waals surface area (Å²) in [7, 11) is -1.41. The van der Waals surface area contributed by atoms with Gasteiger partial charge in [0.1, 0.15) is 5.82 Å². The number of hydrogen-bond donors (Lipinski definition) is 0. The molecule has 0 spiro atoms. The van der Waals surface area contributed by atoms with Gasteiger partial charge in [-0.3, -0.25) is 4.79 Å². The van der Waals surface area contributed by atoms with Gasteiger partial charge in [0.2, 0.25) is 5.91 Å². The average molecular weight is 323 g/mol. The van der Waals surface area contributed by atoms with E-state index in [-0.39, 0.29) is 11.7 Å². The minimum atomic E-state index is -1.41. The van der Waals surface area contributed by atoms with Crippen LogP contribution in [0, 0.1) is 5.82 Å². The van der Waals surface area contributed by atoms with Gasteiger partial charge in [0, 0.05) is 32.6 Å². The van der Waals surface area contributed by atoms with E-state index in [1.807, 2.05) is 24.0 Å². The molecule has 0 N–H and O–H groups in total. The first-order chi connectivity index (χ1) is 10.4. The smallest absolute Gasteiger partial charge is 0.222 e. The second kappa shape index (κ2) is 7.37. The van der Waals surface area contributed by atoms with Crippen molar-refractivity contribution >= 4 is 14.0 Å². The van der Waals surface area contributed by atoms with Crippen LogP contribution in [0.3, 0.4) is 0 Å². The molecule has 22 heavy (non-hydrogen) atoms. The maximum Gasteiger partial charge on any atom is 0.222 e. The van der Waals surface area contributed by atoms with E-state index in [0.717, 1.165) is 38.4 Å². The summed E-state index contributed by atoms with van der Waals surface area (Å²) in [5, 5.41) is 0. The molecular formula is C17H27FN2OSi. The molecule has 0 bridgehead atoms. The van der Waals surface area contributed by atoms with E-state index in [0.29, 0.717) is 6.42 Å². The zero-order valence-electron chi connectivity index (χ0n) is 13.9. The number of amides is 1. The SMILES string of the molecule is CCC(=O)N1CCN(C[Si](C)(C)Cc2ccc(F)cc2)CC1. The Hall–Kier alpha value is -1.20. The molecule has 1 aromatic rings. The molecule has 0 aliphatic carbocycles. The standard InChI is InChI=1S/C17H27FN2OSi/c1-4-17(21)20-11-9-19(10-12-20)14-22(2,3)13-15-5-7-16(18)8-6-15/h5-8H,4,9-14H2,1-3H3. The van der Waals surface area contributed by atoms with E-state index in [1.54, 1.807) is 12.1 Å². The number of hydrogen-bond acceptors (Lipinski definition) is 2. The predicted molar refractivity (Wildman–Crippen MR) is 90.9 cm³/mol. The predicted octanol–water partition coefficient (Wildman–Crippen LogP) is 2.71. The van der Waals surface area contributed by atoms with Gasteiger partial charge in [-0.1, -0.05) is 37.7 Å². The van der Waals surface area contributed by atoms with Gasteiger partial charge in [-0.25, -0.2) is 4.39 Å². The minimum Gasteiger partial charge on any atom is -0.340 e. The highest BCUT2D eigenvalue weighted by molar-refractivity contribution is 6.77. The van der Waals surface area contributed by atoms with E-state index in [2.05, 4.69) is 18.0 Å². The van der Waals surface area contributed by atoms with E-state index >= 15 is 0 Å². The van der Waals surface area contributed by atoms with E-state index in [1.165, 1.54) is 5.56 Å². The van der Waals surface area contributed by atoms with Crippen LogP contribution in [0.15, 0.2) is 24.3 Å². The van der Waals surface area contributed by atoms with Crippen molar-refractivity contribution in [2.75, 3.05) is 32.3 Å². The largest absolute Gasteiger partial charge is 0.340 e. The molecule has 1 aliphatic rings. The van der Waals surface area contributed by atoms with Gasteiger partial charge >= 0.3 is 0 Å². The first kappa shape index (κ1) is 17.2. The maximum absolute atomic E-state index is 13.0. The first-order valence-corrected chi connectivity index (χ1v) is 11.6. The summed E-state index contributed by atoms with van der Waals surface area (Å²) in [4.78, 5) is 16.2. The molecule has 122 valence electrons. The quantitative estimate of drug-likeness (QED) is 0.778. The summed E-state index contributed by atoms with van der Waals surface area (Å²) >= 11 is 0. The molecule has 0 radical (unpaired) electrons. The Morgan fingerprint density at radius 3 is 2.27 bits per heavy atom. The van der Waals surface area contributed by atoms with Crippen molar-refractivity contribution in [1.29, 1.82) is 0 Å². The van der Waals surface area contributed by atoms with Gasteiger partial charge < -0.3 is 9.80 Å². The Balaban J connectivity index is 1.84. The summed E-state index contributed by atoms with van der Waals surface area (Å²) in [6, 6.07) is 7.98. The number of carbonyl (C=O) groups excluding carboxylic acids is 1. The fraction of sp³-hybridized carbons (Fsp3) is 0.588. The fourth-order valence-corrected chi connectivity index (χ4v) is 6.17. The average Bonchev–Trinajstić information content (AvgIpc) is 2.49. The van der Waals surface area contributed by atoms with Gasteiger partial charge in [-0.2, -0.15) is 0 Å². The number of carbonyl (C=O) groups is 1. The van der Waals surface area contributed by atoms with Crippen molar-refractivity contribution in [3.63, 3.8) is 0 Å². The van der Waals surface area contributed by atoms with Crippen LogP contribution in [0.1, 0.15) is 18.9 Å². The molecule has 0 atom stereocenters. The summed E-state index contributed by atoms with van der Waals surface area (Å²) in [5.74, 6) is 0.0994. The van der Waals surface area contributed by atoms with Gasteiger partial charge in [0.15, 0.2) is 0 Å². The zero-order chi connectivity index (χ0) is 16.2. The number of rotatable bonds is 5. The molecule has 2 rings (SSSR count). The summed E-state index contributed by atoms with van der Waals surface area (Å²) in [5.41, 5.74) is 1.23. The molecule has 5 heteroatoms. The molecule has 0 saturated carbocycles. The molecule has 0 aromatic heterocycles. The number of nitrogens with zero attached hydrogens (tertiary/aromatic N) is 2. The molecule has 1 aromatic carbocycles. The summed E-state index contributed by atoms with van der Waals surface area (Å²) in [6.07, 6.45) is 1.74. The second-order valence-corrected chi connectivity index (χ2v) is 12.0.